The van der Waals surface area contributed by atoms with Gasteiger partial charge in [-0.3, -0.25) is 0 Å². The second kappa shape index (κ2) is 12.7. The third kappa shape index (κ3) is 8.19. The Hall–Kier alpha value is -1.85. The number of piperidine rings is 1. The van der Waals surface area contributed by atoms with Gasteiger partial charge in [-0.2, -0.15) is 0 Å². The van der Waals surface area contributed by atoms with Gasteiger partial charge in [0.15, 0.2) is 0 Å². The molecule has 0 spiro atoms. The number of rotatable bonds is 5. The molecule has 5 N–H and O–H groups in total. The Morgan fingerprint density at radius 1 is 1.45 bits per heavy atom. The summed E-state index contributed by atoms with van der Waals surface area (Å²) < 4.78 is 2.09. The number of imidazole rings is 1. The lowest BCUT2D eigenvalue weighted by atomic mass is 9.89. The van der Waals surface area contributed by atoms with E-state index in [0.717, 1.165) is 23.7 Å². The fraction of sp³-hybridized carbons (Fsp3) is 0.625. The Morgan fingerprint density at radius 3 is 2.72 bits per heavy atom. The van der Waals surface area contributed by atoms with Gasteiger partial charge in [0, 0.05) is 42.3 Å². The predicted molar refractivity (Wildman–Crippen MR) is 126 cm³/mol. The Labute approximate surface area is 178 Å². The van der Waals surface area contributed by atoms with Crippen LogP contribution in [0.5, 0.6) is 0 Å². The van der Waals surface area contributed by atoms with E-state index in [1.807, 2.05) is 46.3 Å². The molecule has 0 aliphatic carbocycles. The summed E-state index contributed by atoms with van der Waals surface area (Å²) in [7, 11) is 0. The Balaban J connectivity index is 0.000000272. The van der Waals surface area contributed by atoms with Crippen molar-refractivity contribution >= 4 is 0 Å². The summed E-state index contributed by atoms with van der Waals surface area (Å²) in [6, 6.07) is 1.16. The van der Waals surface area contributed by atoms with Gasteiger partial charge >= 0.3 is 0 Å². The molecule has 3 unspecified atom stereocenters. The van der Waals surface area contributed by atoms with Crippen LogP contribution in [0.1, 0.15) is 79.7 Å². The fourth-order valence-electron chi connectivity index (χ4n) is 3.98. The first-order chi connectivity index (χ1) is 13.9. The molecule has 2 aliphatic heterocycles. The van der Waals surface area contributed by atoms with Crippen LogP contribution in [0.25, 0.3) is 0 Å². The van der Waals surface area contributed by atoms with Gasteiger partial charge in [-0.25, -0.2) is 4.98 Å². The summed E-state index contributed by atoms with van der Waals surface area (Å²) in [5.74, 6) is 0. The molecule has 0 aromatic carbocycles. The number of hydrogen-bond acceptors (Lipinski definition) is 4. The second-order valence-corrected chi connectivity index (χ2v) is 8.15. The first kappa shape index (κ1) is 25.2. The van der Waals surface area contributed by atoms with Gasteiger partial charge in [0.2, 0.25) is 0 Å². The highest BCUT2D eigenvalue weighted by molar-refractivity contribution is 5.25. The van der Waals surface area contributed by atoms with Gasteiger partial charge in [-0.05, 0) is 65.4 Å². The molecule has 3 rings (SSSR count). The zero-order valence-electron chi connectivity index (χ0n) is 19.4. The average molecular weight is 402 g/mol. The lowest BCUT2D eigenvalue weighted by Crippen LogP contribution is -2.44. The maximum Gasteiger partial charge on any atom is 0.0948 e. The molecule has 2 aliphatic rings. The normalized spacial score (nSPS) is 26.3. The molecule has 1 aromatic heterocycles. The first-order valence-electron chi connectivity index (χ1n) is 11.1. The molecule has 3 atom stereocenters. The van der Waals surface area contributed by atoms with Crippen LogP contribution in [0.2, 0.25) is 0 Å². The molecule has 29 heavy (non-hydrogen) atoms. The maximum absolute atomic E-state index is 5.80. The summed E-state index contributed by atoms with van der Waals surface area (Å²) in [4.78, 5) is 4.03. The molecule has 0 radical (unpaired) electrons. The largest absolute Gasteiger partial charge is 0.399 e. The molecular formula is C24H43N5. The van der Waals surface area contributed by atoms with Crippen molar-refractivity contribution in [1.29, 1.82) is 0 Å². The van der Waals surface area contributed by atoms with Gasteiger partial charge in [0.1, 0.15) is 0 Å². The van der Waals surface area contributed by atoms with Crippen molar-refractivity contribution in [3.05, 3.63) is 53.8 Å². The van der Waals surface area contributed by atoms with E-state index in [1.165, 1.54) is 25.7 Å². The highest BCUT2D eigenvalue weighted by atomic mass is 15.0. The van der Waals surface area contributed by atoms with Crippen molar-refractivity contribution in [1.82, 2.24) is 14.9 Å². The molecule has 2 saturated heterocycles. The molecule has 2 fully saturated rings. The van der Waals surface area contributed by atoms with E-state index in [9.17, 15) is 0 Å². The number of fused-ring (bicyclic) bond motifs is 2. The van der Waals surface area contributed by atoms with Gasteiger partial charge in [0.05, 0.1) is 6.33 Å². The van der Waals surface area contributed by atoms with Crippen molar-refractivity contribution in [2.75, 3.05) is 6.54 Å². The molecule has 1 aromatic rings. The van der Waals surface area contributed by atoms with Crippen LogP contribution in [0.15, 0.2) is 53.8 Å². The number of hydrogen-bond donors (Lipinski definition) is 3. The summed E-state index contributed by atoms with van der Waals surface area (Å²) >= 11 is 0. The molecule has 5 heteroatoms. The quantitative estimate of drug-likeness (QED) is 0.487. The van der Waals surface area contributed by atoms with Crippen LogP contribution in [-0.2, 0) is 0 Å². The molecule has 164 valence electrons. The molecule has 2 bridgehead atoms. The van der Waals surface area contributed by atoms with Crippen LogP contribution >= 0.6 is 0 Å². The first-order valence-corrected chi connectivity index (χ1v) is 11.1. The van der Waals surface area contributed by atoms with Gasteiger partial charge < -0.3 is 21.4 Å². The Kier molecular flexibility index (Phi) is 11.0. The van der Waals surface area contributed by atoms with Crippen LogP contribution in [0, 0.1) is 0 Å². The van der Waals surface area contributed by atoms with E-state index < -0.39 is 0 Å². The third-order valence-electron chi connectivity index (χ3n) is 5.69. The van der Waals surface area contributed by atoms with E-state index in [2.05, 4.69) is 40.9 Å². The highest BCUT2D eigenvalue weighted by Gasteiger charge is 2.39. The molecule has 0 saturated carbocycles. The molecular weight excluding hydrogens is 358 g/mol. The number of nitrogens with zero attached hydrogens (tertiary/aromatic N) is 2. The minimum atomic E-state index is 0.393. The smallest absolute Gasteiger partial charge is 0.0948 e. The van der Waals surface area contributed by atoms with E-state index in [4.69, 9.17) is 11.5 Å². The summed E-state index contributed by atoms with van der Waals surface area (Å²) in [5, 5.41) is 3.67. The number of nitrogens with one attached hydrogen (secondary N) is 1. The maximum atomic E-state index is 5.80. The van der Waals surface area contributed by atoms with Crippen LogP contribution in [-0.4, -0.2) is 27.7 Å². The van der Waals surface area contributed by atoms with Gasteiger partial charge in [-0.15, -0.1) is 0 Å². The average Bonchev–Trinajstić information content (AvgIpc) is 3.35. The van der Waals surface area contributed by atoms with Crippen molar-refractivity contribution in [3.63, 3.8) is 0 Å². The standard InChI is InChI=1S/C12H19N3.C10H18N2.C2H6/c1-4-12(13)10(2)5-6-11(3)15-8-7-14-9-15;1-10-4-2-9(12-10)6-8(7-10)3-5-11;1-2/h4-5,7-9,11H,6,13H2,1-3H3;3,9,12H,2,4-7,11H2,1H3;1-2H3/b10-5+,12-4-;8-3+;. The number of aromatic nitrogens is 2. The van der Waals surface area contributed by atoms with Crippen molar-refractivity contribution in [2.45, 2.75) is 91.3 Å². The predicted octanol–water partition coefficient (Wildman–Crippen LogP) is 4.85. The van der Waals surface area contributed by atoms with Crippen molar-refractivity contribution in [3.8, 4) is 0 Å². The number of nitrogens with two attached hydrogens (primary N) is 2. The Morgan fingerprint density at radius 2 is 2.17 bits per heavy atom. The van der Waals surface area contributed by atoms with Gasteiger partial charge in [-0.1, -0.05) is 37.6 Å². The van der Waals surface area contributed by atoms with E-state index in [-0.39, 0.29) is 0 Å². The Bertz CT molecular complexity index is 671. The van der Waals surface area contributed by atoms with Gasteiger partial charge in [0.25, 0.3) is 0 Å². The lowest BCUT2D eigenvalue weighted by molar-refractivity contribution is 0.349. The van der Waals surface area contributed by atoms with Crippen LogP contribution in [0.4, 0.5) is 0 Å². The zero-order valence-corrected chi connectivity index (χ0v) is 19.4. The van der Waals surface area contributed by atoms with Crippen molar-refractivity contribution in [2.24, 2.45) is 11.5 Å². The van der Waals surface area contributed by atoms with Crippen molar-refractivity contribution < 1.29 is 0 Å². The van der Waals surface area contributed by atoms with Crippen LogP contribution < -0.4 is 16.8 Å². The van der Waals surface area contributed by atoms with Crippen LogP contribution in [0.3, 0.4) is 0 Å². The SMILES string of the molecule is C/C=C(N)/C(C)=C/CC(C)n1ccnc1.CC.CC12CCC(C/C(=C\CN)C1)N2. The third-order valence-corrected chi connectivity index (χ3v) is 5.69. The summed E-state index contributed by atoms with van der Waals surface area (Å²) in [5.41, 5.74) is 15.3. The monoisotopic (exact) mass is 401 g/mol. The lowest BCUT2D eigenvalue weighted by Gasteiger charge is -2.32. The van der Waals surface area contributed by atoms with E-state index in [0.29, 0.717) is 18.1 Å². The minimum Gasteiger partial charge on any atom is -0.399 e. The molecule has 3 heterocycles. The fourth-order valence-corrected chi connectivity index (χ4v) is 3.98. The number of allylic oxidation sites excluding steroid dienone is 3. The highest BCUT2D eigenvalue weighted by Crippen LogP contribution is 2.37. The summed E-state index contributed by atoms with van der Waals surface area (Å²) in [6.45, 7) is 13.2. The molecule has 0 amide bonds. The van der Waals surface area contributed by atoms with E-state index in [1.54, 1.807) is 11.8 Å². The van der Waals surface area contributed by atoms with E-state index >= 15 is 0 Å². The second-order valence-electron chi connectivity index (χ2n) is 8.15. The molecule has 5 nitrogen and oxygen atoms in total. The topological polar surface area (TPSA) is 81.9 Å². The minimum absolute atomic E-state index is 0.393. The zero-order chi connectivity index (χ0) is 21.9. The summed E-state index contributed by atoms with van der Waals surface area (Å²) in [6.07, 6.45) is 18.0.